The summed E-state index contributed by atoms with van der Waals surface area (Å²) in [5.41, 5.74) is 1.01. The first-order valence-corrected chi connectivity index (χ1v) is 6.98. The van der Waals surface area contributed by atoms with Crippen molar-refractivity contribution in [2.24, 2.45) is 16.7 Å². The highest BCUT2D eigenvalue weighted by Crippen LogP contribution is 2.65. The second-order valence-electron chi connectivity index (χ2n) is 6.51. The summed E-state index contributed by atoms with van der Waals surface area (Å²) >= 11 is 0. The lowest BCUT2D eigenvalue weighted by Gasteiger charge is -2.39. The van der Waals surface area contributed by atoms with Crippen molar-refractivity contribution in [2.45, 2.75) is 52.5 Å². The van der Waals surface area contributed by atoms with E-state index in [1.165, 1.54) is 25.5 Å². The van der Waals surface area contributed by atoms with Crippen LogP contribution in [-0.4, -0.2) is 19.2 Å². The van der Waals surface area contributed by atoms with Crippen LogP contribution in [-0.2, 0) is 4.74 Å². The molecule has 0 aromatic heterocycles. The van der Waals surface area contributed by atoms with Crippen molar-refractivity contribution in [3.63, 3.8) is 0 Å². The molecule has 0 aliphatic heterocycles. The highest BCUT2D eigenvalue weighted by molar-refractivity contribution is 5.12. The van der Waals surface area contributed by atoms with Crippen molar-refractivity contribution in [3.05, 3.63) is 12.8 Å². The molecule has 98 valence electrons. The zero-order valence-corrected chi connectivity index (χ0v) is 11.6. The van der Waals surface area contributed by atoms with E-state index < -0.39 is 0 Å². The molecule has 0 aromatic carbocycles. The van der Waals surface area contributed by atoms with Gasteiger partial charge < -0.3 is 10.1 Å². The van der Waals surface area contributed by atoms with E-state index in [-0.39, 0.29) is 0 Å². The maximum atomic E-state index is 5.15. The fourth-order valence-corrected chi connectivity index (χ4v) is 4.03. The molecule has 0 saturated heterocycles. The molecule has 2 aliphatic rings. The Labute approximate surface area is 106 Å². The summed E-state index contributed by atoms with van der Waals surface area (Å²) in [6.07, 6.45) is 6.80. The van der Waals surface area contributed by atoms with Crippen molar-refractivity contribution < 1.29 is 4.74 Å². The maximum Gasteiger partial charge on any atom is 0.0885 e. The third-order valence-electron chi connectivity index (χ3n) is 5.74. The first-order valence-electron chi connectivity index (χ1n) is 6.98. The topological polar surface area (TPSA) is 21.3 Å². The third-order valence-corrected chi connectivity index (χ3v) is 5.74. The molecule has 2 saturated carbocycles. The Morgan fingerprint density at radius 3 is 2.71 bits per heavy atom. The van der Waals surface area contributed by atoms with Gasteiger partial charge in [0.25, 0.3) is 0 Å². The van der Waals surface area contributed by atoms with Crippen LogP contribution in [0.25, 0.3) is 0 Å². The second kappa shape index (κ2) is 4.64. The highest BCUT2D eigenvalue weighted by atomic mass is 16.5. The van der Waals surface area contributed by atoms with E-state index in [0.29, 0.717) is 16.9 Å². The summed E-state index contributed by atoms with van der Waals surface area (Å²) in [6, 6.07) is 0.708. The van der Waals surface area contributed by atoms with Gasteiger partial charge in [-0.25, -0.2) is 0 Å². The molecule has 0 amide bonds. The van der Waals surface area contributed by atoms with Crippen LogP contribution in [0, 0.1) is 16.7 Å². The fraction of sp³-hybridized carbons (Fsp3) is 0.867. The molecule has 3 atom stereocenters. The average molecular weight is 237 g/mol. The lowest BCUT2D eigenvalue weighted by molar-refractivity contribution is 0.120. The van der Waals surface area contributed by atoms with Gasteiger partial charge in [0.2, 0.25) is 0 Å². The zero-order valence-electron chi connectivity index (χ0n) is 11.6. The Bertz CT molecular complexity index is 287. The highest BCUT2D eigenvalue weighted by Gasteiger charge is 2.60. The number of ether oxygens (including phenoxy) is 1. The molecule has 1 N–H and O–H groups in total. The molecule has 2 bridgehead atoms. The van der Waals surface area contributed by atoms with Gasteiger partial charge in [-0.1, -0.05) is 27.4 Å². The predicted molar refractivity (Wildman–Crippen MR) is 71.8 cm³/mol. The smallest absolute Gasteiger partial charge is 0.0885 e. The summed E-state index contributed by atoms with van der Waals surface area (Å²) < 4.78 is 5.15. The average Bonchev–Trinajstić information content (AvgIpc) is 2.61. The van der Waals surface area contributed by atoms with Gasteiger partial charge in [0.05, 0.1) is 12.9 Å². The van der Waals surface area contributed by atoms with Crippen molar-refractivity contribution in [3.8, 4) is 0 Å². The largest absolute Gasteiger partial charge is 0.502 e. The normalized spacial score (nSPS) is 38.3. The standard InChI is InChI=1S/C15H27NO/c1-5-17-10-6-9-16-13-11-12-7-8-15(13,4)14(12,2)3/h5,12-13,16H,1,6-11H2,2-4H3. The molecular weight excluding hydrogens is 210 g/mol. The molecule has 3 unspecified atom stereocenters. The Morgan fingerprint density at radius 2 is 2.18 bits per heavy atom. The van der Waals surface area contributed by atoms with Crippen LogP contribution in [0.5, 0.6) is 0 Å². The molecule has 0 spiro atoms. The maximum absolute atomic E-state index is 5.15. The number of rotatable bonds is 6. The number of hydrogen-bond donors (Lipinski definition) is 1. The molecule has 2 rings (SSSR count). The van der Waals surface area contributed by atoms with E-state index in [1.54, 1.807) is 0 Å². The van der Waals surface area contributed by atoms with Crippen LogP contribution >= 0.6 is 0 Å². The molecule has 0 heterocycles. The van der Waals surface area contributed by atoms with Gasteiger partial charge in [0.15, 0.2) is 0 Å². The molecule has 2 nitrogen and oxygen atoms in total. The minimum Gasteiger partial charge on any atom is -0.502 e. The fourth-order valence-electron chi connectivity index (χ4n) is 4.03. The van der Waals surface area contributed by atoms with Crippen molar-refractivity contribution >= 4 is 0 Å². The van der Waals surface area contributed by atoms with E-state index in [1.807, 2.05) is 0 Å². The molecule has 2 fully saturated rings. The Kier molecular flexibility index (Phi) is 3.53. The summed E-state index contributed by atoms with van der Waals surface area (Å²) in [6.45, 7) is 12.8. The van der Waals surface area contributed by atoms with Gasteiger partial charge in [0, 0.05) is 6.04 Å². The number of nitrogens with one attached hydrogen (secondary N) is 1. The van der Waals surface area contributed by atoms with Crippen molar-refractivity contribution in [1.29, 1.82) is 0 Å². The van der Waals surface area contributed by atoms with E-state index in [9.17, 15) is 0 Å². The van der Waals surface area contributed by atoms with Crippen molar-refractivity contribution in [2.75, 3.05) is 13.2 Å². The van der Waals surface area contributed by atoms with Crippen LogP contribution in [0.15, 0.2) is 12.8 Å². The summed E-state index contributed by atoms with van der Waals surface area (Å²) in [7, 11) is 0. The van der Waals surface area contributed by atoms with Gasteiger partial charge in [-0.3, -0.25) is 0 Å². The molecule has 0 radical (unpaired) electrons. The zero-order chi connectivity index (χ0) is 12.5. The molecule has 17 heavy (non-hydrogen) atoms. The molecule has 0 aromatic rings. The van der Waals surface area contributed by atoms with Crippen LogP contribution in [0.2, 0.25) is 0 Å². The quantitative estimate of drug-likeness (QED) is 0.565. The Balaban J connectivity index is 1.82. The van der Waals surface area contributed by atoms with E-state index in [0.717, 1.165) is 25.5 Å². The van der Waals surface area contributed by atoms with Crippen LogP contribution in [0.4, 0.5) is 0 Å². The second-order valence-corrected chi connectivity index (χ2v) is 6.51. The predicted octanol–water partition coefficient (Wildman–Crippen LogP) is 3.34. The number of fused-ring (bicyclic) bond motifs is 2. The SMILES string of the molecule is C=COCCCNC1CC2CCC1(C)C2(C)C. The summed E-state index contributed by atoms with van der Waals surface area (Å²) in [5.74, 6) is 0.925. The van der Waals surface area contributed by atoms with Gasteiger partial charge in [-0.15, -0.1) is 0 Å². The Hall–Kier alpha value is -0.500. The molecule has 2 aliphatic carbocycles. The van der Waals surface area contributed by atoms with E-state index in [2.05, 4.69) is 32.7 Å². The monoisotopic (exact) mass is 237 g/mol. The number of hydrogen-bond acceptors (Lipinski definition) is 2. The van der Waals surface area contributed by atoms with Gasteiger partial charge in [0.1, 0.15) is 0 Å². The van der Waals surface area contributed by atoms with E-state index in [4.69, 9.17) is 4.74 Å². The minimum absolute atomic E-state index is 0.497. The van der Waals surface area contributed by atoms with Gasteiger partial charge in [-0.2, -0.15) is 0 Å². The molecular formula is C15H27NO. The van der Waals surface area contributed by atoms with Crippen molar-refractivity contribution in [1.82, 2.24) is 5.32 Å². The lowest BCUT2D eigenvalue weighted by Crippen LogP contribution is -2.44. The lowest BCUT2D eigenvalue weighted by atomic mass is 9.69. The first kappa shape index (κ1) is 12.9. The first-order chi connectivity index (χ1) is 8.02. The minimum atomic E-state index is 0.497. The van der Waals surface area contributed by atoms with E-state index >= 15 is 0 Å². The van der Waals surface area contributed by atoms with Gasteiger partial charge in [-0.05, 0) is 49.0 Å². The van der Waals surface area contributed by atoms with Crippen LogP contribution in [0.3, 0.4) is 0 Å². The van der Waals surface area contributed by atoms with Crippen LogP contribution < -0.4 is 5.32 Å². The molecule has 2 heteroatoms. The Morgan fingerprint density at radius 1 is 1.41 bits per heavy atom. The third kappa shape index (κ3) is 2.01. The summed E-state index contributed by atoms with van der Waals surface area (Å²) in [5, 5.41) is 3.75. The van der Waals surface area contributed by atoms with Gasteiger partial charge >= 0.3 is 0 Å². The summed E-state index contributed by atoms with van der Waals surface area (Å²) in [4.78, 5) is 0. The van der Waals surface area contributed by atoms with Crippen LogP contribution in [0.1, 0.15) is 46.5 Å².